The maximum atomic E-state index is 11.4. The molecule has 0 unspecified atom stereocenters. The molecular weight excluding hydrogens is 224 g/mol. The minimum atomic E-state index is -0.166. The minimum Gasteiger partial charge on any atom is -0.338 e. The van der Waals surface area contributed by atoms with Gasteiger partial charge in [-0.3, -0.25) is 5.32 Å². The van der Waals surface area contributed by atoms with Crippen LogP contribution in [0.2, 0.25) is 0 Å². The van der Waals surface area contributed by atoms with E-state index in [0.717, 1.165) is 31.6 Å². The number of hydrogen-bond donors (Lipinski definition) is 3. The van der Waals surface area contributed by atoms with Gasteiger partial charge in [0.05, 0.1) is 5.69 Å². The van der Waals surface area contributed by atoms with Gasteiger partial charge in [-0.05, 0) is 6.42 Å². The summed E-state index contributed by atoms with van der Waals surface area (Å²) in [5, 5.41) is 9.51. The summed E-state index contributed by atoms with van der Waals surface area (Å²) in [6.45, 7) is 4.55. The lowest BCUT2D eigenvalue weighted by Gasteiger charge is -2.09. The second-order valence-electron chi connectivity index (χ2n) is 3.70. The first-order valence-corrected chi connectivity index (χ1v) is 6.35. The van der Waals surface area contributed by atoms with Gasteiger partial charge in [0, 0.05) is 30.9 Å². The molecule has 5 nitrogen and oxygen atoms in total. The van der Waals surface area contributed by atoms with Crippen molar-refractivity contribution in [2.75, 3.05) is 18.4 Å². The lowest BCUT2D eigenvalue weighted by molar-refractivity contribution is 0.252. The van der Waals surface area contributed by atoms with Gasteiger partial charge in [0.1, 0.15) is 0 Å². The lowest BCUT2D eigenvalue weighted by Crippen LogP contribution is -2.29. The van der Waals surface area contributed by atoms with E-state index in [4.69, 9.17) is 0 Å². The Labute approximate surface area is 98.7 Å². The summed E-state index contributed by atoms with van der Waals surface area (Å²) < 4.78 is 0. The number of anilines is 1. The van der Waals surface area contributed by atoms with E-state index < -0.39 is 0 Å². The van der Waals surface area contributed by atoms with E-state index in [-0.39, 0.29) is 6.03 Å². The average Bonchev–Trinajstić information content (AvgIpc) is 2.68. The number of carbonyl (C=O) groups excluding carboxylic acids is 1. The normalized spacial score (nSPS) is 14.3. The Bertz CT molecular complexity index is 353. The summed E-state index contributed by atoms with van der Waals surface area (Å²) in [6.07, 6.45) is 1.88. The van der Waals surface area contributed by atoms with Crippen LogP contribution in [-0.2, 0) is 13.0 Å². The van der Waals surface area contributed by atoms with Crippen LogP contribution in [0, 0.1) is 0 Å². The molecule has 0 radical (unpaired) electrons. The molecular formula is C10H16N4OS. The summed E-state index contributed by atoms with van der Waals surface area (Å²) in [5.41, 5.74) is 1.12. The van der Waals surface area contributed by atoms with Crippen molar-refractivity contribution in [3.63, 3.8) is 0 Å². The molecule has 0 aromatic carbocycles. The molecule has 88 valence electrons. The van der Waals surface area contributed by atoms with Gasteiger partial charge in [-0.25, -0.2) is 9.78 Å². The van der Waals surface area contributed by atoms with Gasteiger partial charge in [0.2, 0.25) is 0 Å². The lowest BCUT2D eigenvalue weighted by atomic mass is 10.2. The summed E-state index contributed by atoms with van der Waals surface area (Å²) in [6, 6.07) is -0.166. The molecule has 1 aromatic rings. The van der Waals surface area contributed by atoms with Crippen LogP contribution in [0.4, 0.5) is 9.93 Å². The Morgan fingerprint density at radius 3 is 3.25 bits per heavy atom. The van der Waals surface area contributed by atoms with E-state index in [9.17, 15) is 4.79 Å². The van der Waals surface area contributed by atoms with Gasteiger partial charge in [0.15, 0.2) is 5.13 Å². The SMILES string of the molecule is CCCNC(=O)Nc1nc2c(s1)CNCC2. The highest BCUT2D eigenvalue weighted by molar-refractivity contribution is 7.15. The fraction of sp³-hybridized carbons (Fsp3) is 0.600. The van der Waals surface area contributed by atoms with Crippen molar-refractivity contribution in [1.82, 2.24) is 15.6 Å². The summed E-state index contributed by atoms with van der Waals surface area (Å²) in [5.74, 6) is 0. The first kappa shape index (κ1) is 11.3. The smallest absolute Gasteiger partial charge is 0.321 e. The number of carbonyl (C=O) groups is 1. The topological polar surface area (TPSA) is 66.0 Å². The Morgan fingerprint density at radius 2 is 2.50 bits per heavy atom. The molecule has 0 fully saturated rings. The van der Waals surface area contributed by atoms with E-state index in [1.807, 2.05) is 6.92 Å². The molecule has 2 amide bonds. The van der Waals surface area contributed by atoms with Crippen molar-refractivity contribution in [3.8, 4) is 0 Å². The van der Waals surface area contributed by atoms with E-state index in [0.29, 0.717) is 11.7 Å². The first-order valence-electron chi connectivity index (χ1n) is 5.53. The number of aromatic nitrogens is 1. The largest absolute Gasteiger partial charge is 0.338 e. The molecule has 6 heteroatoms. The van der Waals surface area contributed by atoms with Crippen molar-refractivity contribution in [2.24, 2.45) is 0 Å². The van der Waals surface area contributed by atoms with Crippen LogP contribution in [0.3, 0.4) is 0 Å². The van der Waals surface area contributed by atoms with Gasteiger partial charge in [-0.2, -0.15) is 0 Å². The van der Waals surface area contributed by atoms with E-state index in [1.54, 1.807) is 11.3 Å². The van der Waals surface area contributed by atoms with Gasteiger partial charge in [0.25, 0.3) is 0 Å². The van der Waals surface area contributed by atoms with Gasteiger partial charge >= 0.3 is 6.03 Å². The zero-order chi connectivity index (χ0) is 11.4. The molecule has 0 bridgehead atoms. The standard InChI is InChI=1S/C10H16N4OS/c1-2-4-12-9(15)14-10-13-7-3-5-11-6-8(7)16-10/h11H,2-6H2,1H3,(H2,12,13,14,15). The predicted molar refractivity (Wildman–Crippen MR) is 64.8 cm³/mol. The molecule has 2 rings (SSSR count). The number of fused-ring (bicyclic) bond motifs is 1. The third-order valence-corrected chi connectivity index (χ3v) is 3.37. The molecule has 0 saturated carbocycles. The average molecular weight is 240 g/mol. The fourth-order valence-corrected chi connectivity index (χ4v) is 2.53. The highest BCUT2D eigenvalue weighted by Crippen LogP contribution is 2.25. The zero-order valence-electron chi connectivity index (χ0n) is 9.30. The second kappa shape index (κ2) is 5.27. The molecule has 16 heavy (non-hydrogen) atoms. The number of hydrogen-bond acceptors (Lipinski definition) is 4. The Morgan fingerprint density at radius 1 is 1.62 bits per heavy atom. The third-order valence-electron chi connectivity index (χ3n) is 2.36. The van der Waals surface area contributed by atoms with Crippen molar-refractivity contribution in [2.45, 2.75) is 26.3 Å². The molecule has 0 saturated heterocycles. The third kappa shape index (κ3) is 2.70. The number of thiazole rings is 1. The number of rotatable bonds is 3. The molecule has 0 spiro atoms. The molecule has 0 aliphatic carbocycles. The van der Waals surface area contributed by atoms with E-state index in [1.165, 1.54) is 4.88 Å². The minimum absolute atomic E-state index is 0.166. The molecule has 1 aliphatic heterocycles. The van der Waals surface area contributed by atoms with Crippen LogP contribution >= 0.6 is 11.3 Å². The zero-order valence-corrected chi connectivity index (χ0v) is 10.1. The monoisotopic (exact) mass is 240 g/mol. The second-order valence-corrected chi connectivity index (χ2v) is 4.78. The first-order chi connectivity index (χ1) is 7.79. The molecule has 0 atom stereocenters. The summed E-state index contributed by atoms with van der Waals surface area (Å²) in [4.78, 5) is 17.1. The maximum absolute atomic E-state index is 11.4. The number of nitrogens with one attached hydrogen (secondary N) is 3. The van der Waals surface area contributed by atoms with Crippen LogP contribution in [-0.4, -0.2) is 24.1 Å². The van der Waals surface area contributed by atoms with Crippen LogP contribution in [0.15, 0.2) is 0 Å². The van der Waals surface area contributed by atoms with Crippen molar-refractivity contribution < 1.29 is 4.79 Å². The quantitative estimate of drug-likeness (QED) is 0.746. The van der Waals surface area contributed by atoms with Crippen LogP contribution in [0.1, 0.15) is 23.9 Å². The highest BCUT2D eigenvalue weighted by atomic mass is 32.1. The van der Waals surface area contributed by atoms with Gasteiger partial charge in [-0.1, -0.05) is 6.92 Å². The number of nitrogens with zero attached hydrogens (tertiary/aromatic N) is 1. The van der Waals surface area contributed by atoms with Crippen LogP contribution < -0.4 is 16.0 Å². The Hall–Kier alpha value is -1.14. The van der Waals surface area contributed by atoms with Crippen molar-refractivity contribution in [1.29, 1.82) is 0 Å². The molecule has 1 aromatic heterocycles. The van der Waals surface area contributed by atoms with Crippen LogP contribution in [0.25, 0.3) is 0 Å². The molecule has 2 heterocycles. The molecule has 3 N–H and O–H groups in total. The van der Waals surface area contributed by atoms with Crippen molar-refractivity contribution in [3.05, 3.63) is 10.6 Å². The summed E-state index contributed by atoms with van der Waals surface area (Å²) >= 11 is 1.55. The van der Waals surface area contributed by atoms with Gasteiger partial charge < -0.3 is 10.6 Å². The highest BCUT2D eigenvalue weighted by Gasteiger charge is 2.15. The van der Waals surface area contributed by atoms with Gasteiger partial charge in [-0.15, -0.1) is 11.3 Å². The molecule has 1 aliphatic rings. The summed E-state index contributed by atoms with van der Waals surface area (Å²) in [7, 11) is 0. The fourth-order valence-electron chi connectivity index (χ4n) is 1.56. The van der Waals surface area contributed by atoms with E-state index >= 15 is 0 Å². The number of urea groups is 1. The maximum Gasteiger partial charge on any atom is 0.321 e. The predicted octanol–water partition coefficient (Wildman–Crippen LogP) is 1.32. The Balaban J connectivity index is 1.94. The van der Waals surface area contributed by atoms with E-state index in [2.05, 4.69) is 20.9 Å². The Kier molecular flexibility index (Phi) is 3.74. The van der Waals surface area contributed by atoms with Crippen LogP contribution in [0.5, 0.6) is 0 Å². The number of amides is 2. The van der Waals surface area contributed by atoms with Crippen molar-refractivity contribution >= 4 is 22.5 Å².